The van der Waals surface area contributed by atoms with Gasteiger partial charge in [0.2, 0.25) is 0 Å². The first-order chi connectivity index (χ1) is 9.53. The number of aryl methyl sites for hydroxylation is 1. The van der Waals surface area contributed by atoms with Crippen LogP contribution in [0.15, 0.2) is 42.5 Å². The molecule has 4 heteroatoms. The number of pyridine rings is 1. The van der Waals surface area contributed by atoms with Gasteiger partial charge in [-0.15, -0.1) is 0 Å². The van der Waals surface area contributed by atoms with Crippen LogP contribution in [0.3, 0.4) is 0 Å². The summed E-state index contributed by atoms with van der Waals surface area (Å²) < 4.78 is 5.71. The molecule has 1 heterocycles. The maximum Gasteiger partial charge on any atom is 0.142 e. The average Bonchev–Trinajstić information content (AvgIpc) is 2.46. The summed E-state index contributed by atoms with van der Waals surface area (Å²) in [7, 11) is 0. The van der Waals surface area contributed by atoms with Crippen molar-refractivity contribution in [2.75, 3.05) is 6.61 Å². The predicted octanol–water partition coefficient (Wildman–Crippen LogP) is 2.14. The van der Waals surface area contributed by atoms with E-state index in [4.69, 9.17) is 10.5 Å². The molecule has 0 aliphatic rings. The van der Waals surface area contributed by atoms with Gasteiger partial charge in [-0.3, -0.25) is 4.98 Å². The zero-order chi connectivity index (χ0) is 14.6. The van der Waals surface area contributed by atoms with Crippen LogP contribution < -0.4 is 10.5 Å². The zero-order valence-electron chi connectivity index (χ0n) is 11.8. The molecule has 0 aliphatic carbocycles. The molecule has 0 aliphatic heterocycles. The van der Waals surface area contributed by atoms with Gasteiger partial charge in [0.25, 0.3) is 0 Å². The molecule has 0 amide bonds. The van der Waals surface area contributed by atoms with Gasteiger partial charge in [-0.2, -0.15) is 0 Å². The Bertz CT molecular complexity index is 568. The highest BCUT2D eigenvalue weighted by molar-refractivity contribution is 5.30. The second kappa shape index (κ2) is 6.03. The third-order valence-corrected chi connectivity index (χ3v) is 3.17. The van der Waals surface area contributed by atoms with E-state index in [9.17, 15) is 5.11 Å². The number of nitrogens with zero attached hydrogens (tertiary/aromatic N) is 1. The molecule has 0 radical (unpaired) electrons. The summed E-state index contributed by atoms with van der Waals surface area (Å²) >= 11 is 0. The van der Waals surface area contributed by atoms with Crippen LogP contribution in [0.5, 0.6) is 5.75 Å². The molecule has 2 aromatic rings. The molecule has 0 saturated carbocycles. The van der Waals surface area contributed by atoms with Crippen molar-refractivity contribution in [2.45, 2.75) is 26.0 Å². The fourth-order valence-electron chi connectivity index (χ4n) is 1.97. The quantitative estimate of drug-likeness (QED) is 0.875. The summed E-state index contributed by atoms with van der Waals surface area (Å²) in [6.45, 7) is 4.09. The second-order valence-electron chi connectivity index (χ2n) is 5.03. The van der Waals surface area contributed by atoms with E-state index in [1.54, 1.807) is 6.92 Å². The first-order valence-corrected chi connectivity index (χ1v) is 6.60. The molecule has 0 fully saturated rings. The van der Waals surface area contributed by atoms with Crippen molar-refractivity contribution in [1.29, 1.82) is 0 Å². The molecular formula is C16H20N2O2. The fourth-order valence-corrected chi connectivity index (χ4v) is 1.97. The Morgan fingerprint density at radius 1 is 1.20 bits per heavy atom. The summed E-state index contributed by atoms with van der Waals surface area (Å²) in [5.41, 5.74) is 7.02. The third kappa shape index (κ3) is 3.35. The Kier molecular flexibility index (Phi) is 4.37. The van der Waals surface area contributed by atoms with Crippen LogP contribution in [-0.2, 0) is 12.1 Å². The Balaban J connectivity index is 2.12. The van der Waals surface area contributed by atoms with E-state index in [1.807, 2.05) is 49.4 Å². The topological polar surface area (TPSA) is 68.4 Å². The van der Waals surface area contributed by atoms with Gasteiger partial charge in [0, 0.05) is 12.2 Å². The summed E-state index contributed by atoms with van der Waals surface area (Å²) in [6.07, 6.45) is 0. The van der Waals surface area contributed by atoms with Gasteiger partial charge in [-0.1, -0.05) is 30.3 Å². The van der Waals surface area contributed by atoms with E-state index < -0.39 is 5.60 Å². The minimum absolute atomic E-state index is 0.148. The first-order valence-electron chi connectivity index (χ1n) is 6.60. The Morgan fingerprint density at radius 2 is 1.90 bits per heavy atom. The molecule has 4 nitrogen and oxygen atoms in total. The number of aromatic nitrogens is 1. The van der Waals surface area contributed by atoms with Crippen LogP contribution in [0.25, 0.3) is 0 Å². The molecule has 3 N–H and O–H groups in total. The third-order valence-electron chi connectivity index (χ3n) is 3.17. The van der Waals surface area contributed by atoms with Crippen LogP contribution in [0.4, 0.5) is 0 Å². The molecule has 0 spiro atoms. The highest BCUT2D eigenvalue weighted by Gasteiger charge is 2.24. The molecule has 1 atom stereocenters. The minimum Gasteiger partial charge on any atom is -0.488 e. The lowest BCUT2D eigenvalue weighted by Crippen LogP contribution is -2.29. The molecule has 1 unspecified atom stereocenters. The van der Waals surface area contributed by atoms with Gasteiger partial charge in [0.1, 0.15) is 18.0 Å². The number of benzene rings is 1. The van der Waals surface area contributed by atoms with Crippen molar-refractivity contribution < 1.29 is 9.84 Å². The fraction of sp³-hybridized carbons (Fsp3) is 0.312. The molecular weight excluding hydrogens is 252 g/mol. The number of nitrogens with two attached hydrogens (primary N) is 1. The normalized spacial score (nSPS) is 13.8. The van der Waals surface area contributed by atoms with Crippen molar-refractivity contribution in [3.63, 3.8) is 0 Å². The average molecular weight is 272 g/mol. The minimum atomic E-state index is -1.06. The summed E-state index contributed by atoms with van der Waals surface area (Å²) in [5.74, 6) is 0.620. The molecule has 106 valence electrons. The predicted molar refractivity (Wildman–Crippen MR) is 78.4 cm³/mol. The lowest BCUT2D eigenvalue weighted by Gasteiger charge is -2.24. The van der Waals surface area contributed by atoms with Gasteiger partial charge in [0.05, 0.1) is 5.69 Å². The maximum atomic E-state index is 10.5. The lowest BCUT2D eigenvalue weighted by molar-refractivity contribution is 0.00717. The van der Waals surface area contributed by atoms with Crippen molar-refractivity contribution in [3.05, 3.63) is 59.4 Å². The van der Waals surface area contributed by atoms with Crippen molar-refractivity contribution in [3.8, 4) is 5.75 Å². The molecule has 0 bridgehead atoms. The summed E-state index contributed by atoms with van der Waals surface area (Å²) in [4.78, 5) is 4.33. The number of hydrogen-bond acceptors (Lipinski definition) is 4. The molecule has 0 saturated heterocycles. The van der Waals surface area contributed by atoms with Crippen LogP contribution >= 0.6 is 0 Å². The smallest absolute Gasteiger partial charge is 0.142 e. The highest BCUT2D eigenvalue weighted by Crippen LogP contribution is 2.23. The van der Waals surface area contributed by atoms with Gasteiger partial charge in [-0.25, -0.2) is 0 Å². The van der Waals surface area contributed by atoms with Gasteiger partial charge in [-0.05, 0) is 31.5 Å². The van der Waals surface area contributed by atoms with Crippen LogP contribution in [0.2, 0.25) is 0 Å². The van der Waals surface area contributed by atoms with Crippen LogP contribution in [0.1, 0.15) is 23.9 Å². The summed E-state index contributed by atoms with van der Waals surface area (Å²) in [6, 6.07) is 13.2. The number of rotatable bonds is 5. The van der Waals surface area contributed by atoms with E-state index in [2.05, 4.69) is 4.98 Å². The van der Waals surface area contributed by atoms with E-state index in [-0.39, 0.29) is 6.61 Å². The Hall–Kier alpha value is -1.91. The van der Waals surface area contributed by atoms with E-state index >= 15 is 0 Å². The van der Waals surface area contributed by atoms with E-state index in [0.29, 0.717) is 18.0 Å². The van der Waals surface area contributed by atoms with Gasteiger partial charge >= 0.3 is 0 Å². The van der Waals surface area contributed by atoms with Crippen LogP contribution in [0, 0.1) is 6.92 Å². The van der Waals surface area contributed by atoms with E-state index in [1.165, 1.54) is 0 Å². The molecule has 20 heavy (non-hydrogen) atoms. The van der Waals surface area contributed by atoms with Crippen molar-refractivity contribution >= 4 is 0 Å². The standard InChI is InChI=1S/C16H20N2O2/c1-12-8-9-15(14(10-17)18-12)20-11-16(2,19)13-6-4-3-5-7-13/h3-9,19H,10-11,17H2,1-2H3. The monoisotopic (exact) mass is 272 g/mol. The second-order valence-corrected chi connectivity index (χ2v) is 5.03. The van der Waals surface area contributed by atoms with E-state index in [0.717, 1.165) is 11.3 Å². The van der Waals surface area contributed by atoms with Crippen molar-refractivity contribution in [1.82, 2.24) is 4.98 Å². The molecule has 1 aromatic carbocycles. The van der Waals surface area contributed by atoms with Gasteiger partial charge < -0.3 is 15.6 Å². The maximum absolute atomic E-state index is 10.5. The molecule has 2 rings (SSSR count). The Labute approximate surface area is 119 Å². The van der Waals surface area contributed by atoms with Crippen molar-refractivity contribution in [2.24, 2.45) is 5.73 Å². The highest BCUT2D eigenvalue weighted by atomic mass is 16.5. The number of ether oxygens (including phenoxy) is 1. The SMILES string of the molecule is Cc1ccc(OCC(C)(O)c2ccccc2)c(CN)n1. The number of hydrogen-bond donors (Lipinski definition) is 2. The number of aliphatic hydroxyl groups is 1. The van der Waals surface area contributed by atoms with Gasteiger partial charge in [0.15, 0.2) is 0 Å². The molecule has 1 aromatic heterocycles. The van der Waals surface area contributed by atoms with Crippen LogP contribution in [-0.4, -0.2) is 16.7 Å². The largest absolute Gasteiger partial charge is 0.488 e. The summed E-state index contributed by atoms with van der Waals surface area (Å²) in [5, 5.41) is 10.5. The lowest BCUT2D eigenvalue weighted by atomic mass is 9.97. The first kappa shape index (κ1) is 14.5. The Morgan fingerprint density at radius 3 is 2.55 bits per heavy atom. The zero-order valence-corrected chi connectivity index (χ0v) is 11.8.